The Labute approximate surface area is 87.8 Å². The van der Waals surface area contributed by atoms with Crippen molar-refractivity contribution in [3.8, 4) is 0 Å². The lowest BCUT2D eigenvalue weighted by Crippen LogP contribution is -2.41. The van der Waals surface area contributed by atoms with Gasteiger partial charge in [0.1, 0.15) is 0 Å². The Morgan fingerprint density at radius 2 is 2.14 bits per heavy atom. The van der Waals surface area contributed by atoms with E-state index >= 15 is 0 Å². The standard InChI is InChI=1S/C11H24N2O/c1-4-6-12-11-9-14-8-10(11)7-13(3)5-2/h10-12H,4-9H2,1-3H3. The van der Waals surface area contributed by atoms with E-state index in [0.717, 1.165) is 32.8 Å². The van der Waals surface area contributed by atoms with Gasteiger partial charge in [0, 0.05) is 18.5 Å². The fourth-order valence-corrected chi connectivity index (χ4v) is 1.86. The van der Waals surface area contributed by atoms with E-state index in [1.807, 2.05) is 0 Å². The van der Waals surface area contributed by atoms with Gasteiger partial charge in [-0.2, -0.15) is 0 Å². The van der Waals surface area contributed by atoms with Crippen molar-refractivity contribution in [2.45, 2.75) is 26.3 Å². The summed E-state index contributed by atoms with van der Waals surface area (Å²) >= 11 is 0. The molecule has 2 unspecified atom stereocenters. The average Bonchev–Trinajstić information content (AvgIpc) is 2.62. The molecule has 0 aliphatic carbocycles. The number of hydrogen-bond acceptors (Lipinski definition) is 3. The van der Waals surface area contributed by atoms with Crippen LogP contribution in [0.2, 0.25) is 0 Å². The molecule has 1 saturated heterocycles. The van der Waals surface area contributed by atoms with E-state index in [2.05, 4.69) is 31.1 Å². The topological polar surface area (TPSA) is 24.5 Å². The molecule has 0 radical (unpaired) electrons. The first-order valence-electron chi connectivity index (χ1n) is 5.77. The Morgan fingerprint density at radius 1 is 1.36 bits per heavy atom. The van der Waals surface area contributed by atoms with Crippen LogP contribution in [0.1, 0.15) is 20.3 Å². The van der Waals surface area contributed by atoms with E-state index in [1.54, 1.807) is 0 Å². The van der Waals surface area contributed by atoms with Gasteiger partial charge in [-0.3, -0.25) is 0 Å². The summed E-state index contributed by atoms with van der Waals surface area (Å²) in [4.78, 5) is 2.36. The first-order chi connectivity index (χ1) is 6.77. The van der Waals surface area contributed by atoms with Crippen molar-refractivity contribution >= 4 is 0 Å². The molecule has 14 heavy (non-hydrogen) atoms. The Hall–Kier alpha value is -0.120. The molecule has 0 bridgehead atoms. The molecule has 84 valence electrons. The van der Waals surface area contributed by atoms with Gasteiger partial charge in [-0.15, -0.1) is 0 Å². The minimum Gasteiger partial charge on any atom is -0.379 e. The second-order valence-electron chi connectivity index (χ2n) is 4.21. The van der Waals surface area contributed by atoms with Gasteiger partial charge in [0.25, 0.3) is 0 Å². The molecule has 2 atom stereocenters. The maximum atomic E-state index is 5.52. The molecule has 0 aromatic rings. The van der Waals surface area contributed by atoms with Crippen LogP contribution >= 0.6 is 0 Å². The van der Waals surface area contributed by atoms with Crippen LogP contribution in [-0.4, -0.2) is 50.8 Å². The van der Waals surface area contributed by atoms with E-state index in [-0.39, 0.29) is 0 Å². The largest absolute Gasteiger partial charge is 0.379 e. The molecule has 0 amide bonds. The van der Waals surface area contributed by atoms with Crippen LogP contribution in [-0.2, 0) is 4.74 Å². The average molecular weight is 200 g/mol. The van der Waals surface area contributed by atoms with Crippen LogP contribution in [0.25, 0.3) is 0 Å². The zero-order chi connectivity index (χ0) is 10.4. The molecular formula is C11H24N2O. The van der Waals surface area contributed by atoms with Crippen molar-refractivity contribution in [3.63, 3.8) is 0 Å². The predicted octanol–water partition coefficient (Wildman–Crippen LogP) is 0.953. The zero-order valence-corrected chi connectivity index (χ0v) is 9.75. The molecule has 1 aliphatic heterocycles. The smallest absolute Gasteiger partial charge is 0.0623 e. The maximum absolute atomic E-state index is 5.52. The molecule has 1 rings (SSSR count). The Bertz CT molecular complexity index is 152. The number of ether oxygens (including phenoxy) is 1. The monoisotopic (exact) mass is 200 g/mol. The zero-order valence-electron chi connectivity index (χ0n) is 9.75. The molecule has 1 fully saturated rings. The highest BCUT2D eigenvalue weighted by atomic mass is 16.5. The van der Waals surface area contributed by atoms with Gasteiger partial charge >= 0.3 is 0 Å². The highest BCUT2D eigenvalue weighted by molar-refractivity contribution is 4.82. The van der Waals surface area contributed by atoms with E-state index in [1.165, 1.54) is 6.42 Å². The fraction of sp³-hybridized carbons (Fsp3) is 1.00. The second kappa shape index (κ2) is 6.38. The summed E-state index contributed by atoms with van der Waals surface area (Å²) in [5.41, 5.74) is 0. The van der Waals surface area contributed by atoms with Crippen LogP contribution in [0.4, 0.5) is 0 Å². The quantitative estimate of drug-likeness (QED) is 0.691. The third kappa shape index (κ3) is 3.56. The van der Waals surface area contributed by atoms with E-state index < -0.39 is 0 Å². The second-order valence-corrected chi connectivity index (χ2v) is 4.21. The van der Waals surface area contributed by atoms with Crippen LogP contribution in [0.5, 0.6) is 0 Å². The van der Waals surface area contributed by atoms with Crippen LogP contribution in [0, 0.1) is 5.92 Å². The lowest BCUT2D eigenvalue weighted by molar-refractivity contribution is 0.174. The SMILES string of the molecule is CCCNC1COCC1CN(C)CC. The van der Waals surface area contributed by atoms with Gasteiger partial charge < -0.3 is 15.0 Å². The van der Waals surface area contributed by atoms with Gasteiger partial charge in [-0.1, -0.05) is 13.8 Å². The van der Waals surface area contributed by atoms with Gasteiger partial charge in [0.05, 0.1) is 13.2 Å². The maximum Gasteiger partial charge on any atom is 0.0623 e. The molecule has 0 aromatic carbocycles. The lowest BCUT2D eigenvalue weighted by atomic mass is 10.0. The fourth-order valence-electron chi connectivity index (χ4n) is 1.86. The van der Waals surface area contributed by atoms with Crippen molar-refractivity contribution in [1.29, 1.82) is 0 Å². The van der Waals surface area contributed by atoms with Crippen LogP contribution in [0.3, 0.4) is 0 Å². The highest BCUT2D eigenvalue weighted by Crippen LogP contribution is 2.14. The third-order valence-electron chi connectivity index (χ3n) is 2.94. The number of hydrogen-bond donors (Lipinski definition) is 1. The molecule has 0 aromatic heterocycles. The number of nitrogens with zero attached hydrogens (tertiary/aromatic N) is 1. The van der Waals surface area contributed by atoms with Crippen molar-refractivity contribution in [2.75, 3.05) is 39.9 Å². The third-order valence-corrected chi connectivity index (χ3v) is 2.94. The predicted molar refractivity (Wildman–Crippen MR) is 59.6 cm³/mol. The molecule has 3 heteroatoms. The normalized spacial score (nSPS) is 27.4. The first kappa shape index (κ1) is 12.0. The first-order valence-corrected chi connectivity index (χ1v) is 5.77. The minimum atomic E-state index is 0.573. The van der Waals surface area contributed by atoms with Crippen LogP contribution in [0.15, 0.2) is 0 Å². The Balaban J connectivity index is 2.27. The molecule has 3 nitrogen and oxygen atoms in total. The summed E-state index contributed by atoms with van der Waals surface area (Å²) in [6.45, 7) is 9.60. The molecule has 0 saturated carbocycles. The molecular weight excluding hydrogens is 176 g/mol. The van der Waals surface area contributed by atoms with Gasteiger partial charge in [0.2, 0.25) is 0 Å². The highest BCUT2D eigenvalue weighted by Gasteiger charge is 2.27. The van der Waals surface area contributed by atoms with Crippen LogP contribution < -0.4 is 5.32 Å². The molecule has 1 aliphatic rings. The number of nitrogens with one attached hydrogen (secondary N) is 1. The molecule has 1 N–H and O–H groups in total. The lowest BCUT2D eigenvalue weighted by Gasteiger charge is -2.23. The summed E-state index contributed by atoms with van der Waals surface area (Å²) in [5, 5.41) is 3.56. The van der Waals surface area contributed by atoms with Crippen molar-refractivity contribution in [1.82, 2.24) is 10.2 Å². The van der Waals surface area contributed by atoms with E-state index in [9.17, 15) is 0 Å². The van der Waals surface area contributed by atoms with E-state index in [0.29, 0.717) is 12.0 Å². The summed E-state index contributed by atoms with van der Waals surface area (Å²) in [7, 11) is 2.18. The van der Waals surface area contributed by atoms with Gasteiger partial charge in [0.15, 0.2) is 0 Å². The Morgan fingerprint density at radius 3 is 2.79 bits per heavy atom. The van der Waals surface area contributed by atoms with Gasteiger partial charge in [-0.05, 0) is 26.6 Å². The molecule has 1 heterocycles. The molecule has 0 spiro atoms. The minimum absolute atomic E-state index is 0.573. The number of rotatable bonds is 6. The summed E-state index contributed by atoms with van der Waals surface area (Å²) in [5.74, 6) is 0.673. The summed E-state index contributed by atoms with van der Waals surface area (Å²) in [6, 6.07) is 0.573. The summed E-state index contributed by atoms with van der Waals surface area (Å²) < 4.78 is 5.52. The van der Waals surface area contributed by atoms with Crippen molar-refractivity contribution < 1.29 is 4.74 Å². The van der Waals surface area contributed by atoms with E-state index in [4.69, 9.17) is 4.74 Å². The van der Waals surface area contributed by atoms with Crippen molar-refractivity contribution in [3.05, 3.63) is 0 Å². The Kier molecular flexibility index (Phi) is 5.45. The summed E-state index contributed by atoms with van der Waals surface area (Å²) in [6.07, 6.45) is 1.20. The van der Waals surface area contributed by atoms with Crippen molar-refractivity contribution in [2.24, 2.45) is 5.92 Å². The van der Waals surface area contributed by atoms with Gasteiger partial charge in [-0.25, -0.2) is 0 Å².